The number of carbonyl (C=O) groups is 1. The fourth-order valence-corrected chi connectivity index (χ4v) is 1.65. The Kier molecular flexibility index (Phi) is 1.65. The Bertz CT molecular complexity index is 239. The zero-order valence-electron chi connectivity index (χ0n) is 6.50. The summed E-state index contributed by atoms with van der Waals surface area (Å²) >= 11 is 0. The molecule has 12 heavy (non-hydrogen) atoms. The number of carboxylic acid groups (broad SMARTS) is 1. The van der Waals surface area contributed by atoms with Gasteiger partial charge in [-0.15, -0.1) is 0 Å². The van der Waals surface area contributed by atoms with Crippen molar-refractivity contribution in [2.75, 3.05) is 6.54 Å². The van der Waals surface area contributed by atoms with Crippen LogP contribution in [0.1, 0.15) is 6.42 Å². The Morgan fingerprint density at radius 3 is 3.25 bits per heavy atom. The van der Waals surface area contributed by atoms with E-state index in [1.165, 1.54) is 0 Å². The standard InChI is InChI=1S/C7H11N3O2/c11-7(12)6-4-1-2-8-3-5(4)9-10-6/h3-4,6,8-10H,1-2H2,(H,11,12). The van der Waals surface area contributed by atoms with Gasteiger partial charge in [0.1, 0.15) is 6.04 Å². The van der Waals surface area contributed by atoms with Gasteiger partial charge in [-0.25, -0.2) is 5.43 Å². The highest BCUT2D eigenvalue weighted by Crippen LogP contribution is 2.23. The molecule has 0 bridgehead atoms. The lowest BCUT2D eigenvalue weighted by molar-refractivity contribution is -0.140. The maximum Gasteiger partial charge on any atom is 0.323 e. The summed E-state index contributed by atoms with van der Waals surface area (Å²) in [6, 6.07) is -0.474. The average Bonchev–Trinajstić information content (AvgIpc) is 2.47. The minimum Gasteiger partial charge on any atom is -0.480 e. The first-order chi connectivity index (χ1) is 5.79. The van der Waals surface area contributed by atoms with Crippen LogP contribution < -0.4 is 16.2 Å². The summed E-state index contributed by atoms with van der Waals surface area (Å²) in [6.07, 6.45) is 2.70. The van der Waals surface area contributed by atoms with Gasteiger partial charge in [0.05, 0.1) is 0 Å². The van der Waals surface area contributed by atoms with E-state index in [2.05, 4.69) is 16.2 Å². The zero-order valence-corrected chi connectivity index (χ0v) is 6.50. The first-order valence-electron chi connectivity index (χ1n) is 3.97. The van der Waals surface area contributed by atoms with Crippen molar-refractivity contribution in [1.82, 2.24) is 16.2 Å². The molecule has 0 spiro atoms. The summed E-state index contributed by atoms with van der Waals surface area (Å²) in [6.45, 7) is 0.849. The average molecular weight is 169 g/mol. The molecule has 0 aromatic rings. The first kappa shape index (κ1) is 7.42. The van der Waals surface area contributed by atoms with Crippen LogP contribution in [0.25, 0.3) is 0 Å². The summed E-state index contributed by atoms with van der Waals surface area (Å²) in [7, 11) is 0. The fourth-order valence-electron chi connectivity index (χ4n) is 1.65. The second kappa shape index (κ2) is 2.67. The third-order valence-electron chi connectivity index (χ3n) is 2.30. The van der Waals surface area contributed by atoms with Crippen molar-refractivity contribution < 1.29 is 9.90 Å². The summed E-state index contributed by atoms with van der Waals surface area (Å²) < 4.78 is 0. The van der Waals surface area contributed by atoms with E-state index in [0.29, 0.717) is 0 Å². The van der Waals surface area contributed by atoms with Crippen LogP contribution in [-0.2, 0) is 4.79 Å². The van der Waals surface area contributed by atoms with Crippen LogP contribution in [0.15, 0.2) is 11.9 Å². The Morgan fingerprint density at radius 2 is 2.50 bits per heavy atom. The van der Waals surface area contributed by atoms with Crippen molar-refractivity contribution in [2.45, 2.75) is 12.5 Å². The second-order valence-corrected chi connectivity index (χ2v) is 3.03. The van der Waals surface area contributed by atoms with Crippen LogP contribution >= 0.6 is 0 Å². The van der Waals surface area contributed by atoms with E-state index < -0.39 is 12.0 Å². The molecular formula is C7H11N3O2. The SMILES string of the molecule is O=C(O)C1NNC2=CNCCC21. The van der Waals surface area contributed by atoms with E-state index in [-0.39, 0.29) is 5.92 Å². The van der Waals surface area contributed by atoms with E-state index in [4.69, 9.17) is 5.11 Å². The van der Waals surface area contributed by atoms with Crippen LogP contribution in [0, 0.1) is 5.92 Å². The van der Waals surface area contributed by atoms with Crippen molar-refractivity contribution in [1.29, 1.82) is 0 Å². The number of nitrogens with one attached hydrogen (secondary N) is 3. The van der Waals surface area contributed by atoms with E-state index in [1.54, 1.807) is 0 Å². The van der Waals surface area contributed by atoms with Gasteiger partial charge in [0, 0.05) is 24.4 Å². The molecule has 5 nitrogen and oxygen atoms in total. The van der Waals surface area contributed by atoms with Gasteiger partial charge in [0.15, 0.2) is 0 Å². The molecule has 0 aromatic heterocycles. The lowest BCUT2D eigenvalue weighted by atomic mass is 9.94. The summed E-state index contributed by atoms with van der Waals surface area (Å²) in [5.74, 6) is -0.693. The van der Waals surface area contributed by atoms with Gasteiger partial charge in [0.2, 0.25) is 0 Å². The third-order valence-corrected chi connectivity index (χ3v) is 2.30. The largest absolute Gasteiger partial charge is 0.480 e. The van der Waals surface area contributed by atoms with Gasteiger partial charge < -0.3 is 15.8 Å². The first-order valence-corrected chi connectivity index (χ1v) is 3.97. The molecule has 2 rings (SSSR count). The summed E-state index contributed by atoms with van der Waals surface area (Å²) in [5, 5.41) is 11.9. The molecule has 4 N–H and O–H groups in total. The number of rotatable bonds is 1. The highest BCUT2D eigenvalue weighted by molar-refractivity contribution is 5.75. The van der Waals surface area contributed by atoms with Gasteiger partial charge in [-0.2, -0.15) is 0 Å². The quantitative estimate of drug-likeness (QED) is 0.405. The van der Waals surface area contributed by atoms with Crippen LogP contribution in [0.5, 0.6) is 0 Å². The lowest BCUT2D eigenvalue weighted by Gasteiger charge is -2.18. The molecule has 0 amide bonds. The van der Waals surface area contributed by atoms with Crippen molar-refractivity contribution in [3.8, 4) is 0 Å². The highest BCUT2D eigenvalue weighted by atomic mass is 16.4. The number of hydrogen-bond acceptors (Lipinski definition) is 4. The van der Waals surface area contributed by atoms with E-state index >= 15 is 0 Å². The molecule has 1 fully saturated rings. The van der Waals surface area contributed by atoms with E-state index in [0.717, 1.165) is 18.7 Å². The van der Waals surface area contributed by atoms with Crippen molar-refractivity contribution in [3.05, 3.63) is 11.9 Å². The van der Waals surface area contributed by atoms with Crippen LogP contribution in [0.3, 0.4) is 0 Å². The second-order valence-electron chi connectivity index (χ2n) is 3.03. The Balaban J connectivity index is 2.17. The Hall–Kier alpha value is -1.23. The monoisotopic (exact) mass is 169 g/mol. The van der Waals surface area contributed by atoms with Gasteiger partial charge in [0.25, 0.3) is 0 Å². The van der Waals surface area contributed by atoms with Crippen molar-refractivity contribution in [2.24, 2.45) is 5.92 Å². The Labute approximate surface area is 69.8 Å². The predicted octanol–water partition coefficient (Wildman–Crippen LogP) is -1.00. The molecule has 66 valence electrons. The maximum absolute atomic E-state index is 10.7. The van der Waals surface area contributed by atoms with E-state index in [9.17, 15) is 4.79 Å². The predicted molar refractivity (Wildman–Crippen MR) is 41.9 cm³/mol. The van der Waals surface area contributed by atoms with Crippen LogP contribution in [0.2, 0.25) is 0 Å². The smallest absolute Gasteiger partial charge is 0.323 e. The topological polar surface area (TPSA) is 73.4 Å². The molecule has 0 aliphatic carbocycles. The Morgan fingerprint density at radius 1 is 1.67 bits per heavy atom. The van der Waals surface area contributed by atoms with Gasteiger partial charge in [-0.3, -0.25) is 4.79 Å². The molecule has 2 atom stereocenters. The molecular weight excluding hydrogens is 158 g/mol. The van der Waals surface area contributed by atoms with E-state index in [1.807, 2.05) is 6.20 Å². The number of hydrazine groups is 1. The van der Waals surface area contributed by atoms with Crippen LogP contribution in [-0.4, -0.2) is 23.7 Å². The molecule has 0 aromatic carbocycles. The van der Waals surface area contributed by atoms with Crippen molar-refractivity contribution >= 4 is 5.97 Å². The molecule has 2 unspecified atom stereocenters. The number of hydrogen-bond donors (Lipinski definition) is 4. The zero-order chi connectivity index (χ0) is 8.55. The van der Waals surface area contributed by atoms with Crippen LogP contribution in [0.4, 0.5) is 0 Å². The summed E-state index contributed by atoms with van der Waals surface area (Å²) in [4.78, 5) is 10.7. The molecule has 2 aliphatic rings. The molecule has 1 saturated heterocycles. The minimum atomic E-state index is -0.794. The van der Waals surface area contributed by atoms with Gasteiger partial charge >= 0.3 is 5.97 Å². The number of fused-ring (bicyclic) bond motifs is 1. The van der Waals surface area contributed by atoms with Gasteiger partial charge in [-0.1, -0.05) is 0 Å². The molecule has 2 heterocycles. The lowest BCUT2D eigenvalue weighted by Crippen LogP contribution is -2.39. The third kappa shape index (κ3) is 1.02. The minimum absolute atomic E-state index is 0.101. The van der Waals surface area contributed by atoms with Crippen molar-refractivity contribution in [3.63, 3.8) is 0 Å². The molecule has 2 aliphatic heterocycles. The summed E-state index contributed by atoms with van der Waals surface area (Å²) in [5.41, 5.74) is 6.55. The van der Waals surface area contributed by atoms with Gasteiger partial charge in [-0.05, 0) is 6.42 Å². The number of aliphatic carboxylic acids is 1. The molecule has 0 radical (unpaired) electrons. The maximum atomic E-state index is 10.7. The molecule has 5 heteroatoms. The highest BCUT2D eigenvalue weighted by Gasteiger charge is 2.37. The fraction of sp³-hybridized carbons (Fsp3) is 0.571. The number of carboxylic acids is 1. The molecule has 0 saturated carbocycles. The normalized spacial score (nSPS) is 32.8.